The molecule has 0 aliphatic carbocycles. The van der Waals surface area contributed by atoms with E-state index in [9.17, 15) is 19.5 Å². The van der Waals surface area contributed by atoms with Crippen molar-refractivity contribution in [3.63, 3.8) is 0 Å². The van der Waals surface area contributed by atoms with Gasteiger partial charge in [0.05, 0.1) is 5.69 Å². The first kappa shape index (κ1) is 23.3. The van der Waals surface area contributed by atoms with Crippen LogP contribution in [0.5, 0.6) is 5.75 Å². The van der Waals surface area contributed by atoms with Gasteiger partial charge in [-0.3, -0.25) is 14.5 Å². The molecule has 0 spiro atoms. The van der Waals surface area contributed by atoms with E-state index in [0.29, 0.717) is 11.3 Å². The van der Waals surface area contributed by atoms with E-state index in [2.05, 4.69) is 0 Å². The number of para-hydroxylation sites is 1. The van der Waals surface area contributed by atoms with Crippen molar-refractivity contribution in [1.82, 2.24) is 4.90 Å². The maximum Gasteiger partial charge on any atom is 0.338 e. The van der Waals surface area contributed by atoms with E-state index in [1.807, 2.05) is 41.5 Å². The van der Waals surface area contributed by atoms with E-state index in [0.717, 1.165) is 20.9 Å². The Morgan fingerprint density at radius 2 is 1.31 bits per heavy atom. The quantitative estimate of drug-likeness (QED) is 0.533. The summed E-state index contributed by atoms with van der Waals surface area (Å²) in [6.45, 7) is 12.0. The molecule has 168 valence electrons. The molecule has 6 heteroatoms. The van der Waals surface area contributed by atoms with Gasteiger partial charge in [0, 0.05) is 18.2 Å². The Bertz CT molecular complexity index is 1080. The predicted octanol–water partition coefficient (Wildman–Crippen LogP) is 5.00. The normalized spacial score (nSPS) is 16.8. The summed E-state index contributed by atoms with van der Waals surface area (Å²) in [5.74, 6) is -1.12. The van der Waals surface area contributed by atoms with E-state index >= 15 is 0 Å². The van der Waals surface area contributed by atoms with Crippen molar-refractivity contribution in [2.45, 2.75) is 52.4 Å². The Kier molecular flexibility index (Phi) is 5.77. The summed E-state index contributed by atoms with van der Waals surface area (Å²) in [7, 11) is 1.36. The Labute approximate surface area is 189 Å². The van der Waals surface area contributed by atoms with Crippen LogP contribution < -0.4 is 4.90 Å². The lowest BCUT2D eigenvalue weighted by Crippen LogP contribution is -2.55. The van der Waals surface area contributed by atoms with Crippen molar-refractivity contribution in [2.24, 2.45) is 0 Å². The van der Waals surface area contributed by atoms with Crippen LogP contribution >= 0.6 is 0 Å². The monoisotopic (exact) mass is 434 g/mol. The standard InChI is InChI=1S/C26H30N2O4/c1-25(2,3)19-14-16(15-20(21(19)29)26(4,5)6)13-18-22(30)27(7)24(32)28(23(18)31)17-11-9-8-10-12-17/h8-15,29H,1-7H3/b18-13-. The third-order valence-electron chi connectivity index (χ3n) is 5.52. The minimum atomic E-state index is -0.695. The van der Waals surface area contributed by atoms with Gasteiger partial charge in [-0.15, -0.1) is 0 Å². The number of rotatable bonds is 2. The van der Waals surface area contributed by atoms with Crippen LogP contribution in [0.4, 0.5) is 10.5 Å². The highest BCUT2D eigenvalue weighted by Crippen LogP contribution is 2.40. The molecular weight excluding hydrogens is 404 g/mol. The Morgan fingerprint density at radius 3 is 1.78 bits per heavy atom. The molecule has 0 bridgehead atoms. The molecule has 0 saturated carbocycles. The van der Waals surface area contributed by atoms with Gasteiger partial charge in [-0.1, -0.05) is 59.7 Å². The molecule has 0 radical (unpaired) electrons. The highest BCUT2D eigenvalue weighted by molar-refractivity contribution is 6.39. The number of imide groups is 2. The average Bonchev–Trinajstić information content (AvgIpc) is 2.70. The Morgan fingerprint density at radius 1 is 0.812 bits per heavy atom. The molecule has 1 saturated heterocycles. The Hall–Kier alpha value is -3.41. The predicted molar refractivity (Wildman–Crippen MR) is 126 cm³/mol. The first-order valence-electron chi connectivity index (χ1n) is 10.5. The molecule has 1 N–H and O–H groups in total. The molecule has 0 atom stereocenters. The number of nitrogens with zero attached hydrogens (tertiary/aromatic N) is 2. The van der Waals surface area contributed by atoms with Crippen LogP contribution in [0.3, 0.4) is 0 Å². The fourth-order valence-electron chi connectivity index (χ4n) is 3.69. The van der Waals surface area contributed by atoms with Crippen molar-refractivity contribution in [2.75, 3.05) is 11.9 Å². The molecule has 2 aromatic rings. The van der Waals surface area contributed by atoms with Crippen LogP contribution in [0, 0.1) is 0 Å². The number of anilines is 1. The highest BCUT2D eigenvalue weighted by Gasteiger charge is 2.41. The zero-order valence-corrected chi connectivity index (χ0v) is 19.7. The second kappa shape index (κ2) is 7.93. The summed E-state index contributed by atoms with van der Waals surface area (Å²) in [6.07, 6.45) is 1.51. The van der Waals surface area contributed by atoms with Crippen molar-refractivity contribution < 1.29 is 19.5 Å². The lowest BCUT2D eigenvalue weighted by atomic mass is 9.78. The minimum absolute atomic E-state index is 0.110. The zero-order chi connectivity index (χ0) is 24.0. The summed E-state index contributed by atoms with van der Waals surface area (Å²) < 4.78 is 0. The summed E-state index contributed by atoms with van der Waals surface area (Å²) >= 11 is 0. The number of benzene rings is 2. The highest BCUT2D eigenvalue weighted by atomic mass is 16.3. The van der Waals surface area contributed by atoms with Crippen LogP contribution in [0.2, 0.25) is 0 Å². The van der Waals surface area contributed by atoms with E-state index in [4.69, 9.17) is 0 Å². The van der Waals surface area contributed by atoms with Crippen LogP contribution in [-0.2, 0) is 20.4 Å². The van der Waals surface area contributed by atoms with Gasteiger partial charge < -0.3 is 5.11 Å². The molecule has 0 aromatic heterocycles. The van der Waals surface area contributed by atoms with Crippen molar-refractivity contribution in [3.8, 4) is 5.75 Å². The molecule has 2 aromatic carbocycles. The second-order valence-corrected chi connectivity index (χ2v) is 10.1. The molecule has 32 heavy (non-hydrogen) atoms. The van der Waals surface area contributed by atoms with Gasteiger partial charge in [-0.2, -0.15) is 0 Å². The number of aromatic hydroxyl groups is 1. The number of phenols is 1. The molecule has 3 rings (SSSR count). The number of likely N-dealkylation sites (N-methyl/N-ethyl adjacent to an activating group) is 1. The first-order valence-corrected chi connectivity index (χ1v) is 10.5. The van der Waals surface area contributed by atoms with Crippen molar-refractivity contribution in [1.29, 1.82) is 0 Å². The van der Waals surface area contributed by atoms with E-state index < -0.39 is 17.8 Å². The van der Waals surface area contributed by atoms with E-state index in [-0.39, 0.29) is 22.2 Å². The van der Waals surface area contributed by atoms with Gasteiger partial charge in [0.1, 0.15) is 11.3 Å². The Balaban J connectivity index is 2.21. The molecule has 1 heterocycles. The van der Waals surface area contributed by atoms with Crippen molar-refractivity contribution >= 4 is 29.6 Å². The number of carbonyl (C=O) groups is 3. The molecule has 6 nitrogen and oxygen atoms in total. The second-order valence-electron chi connectivity index (χ2n) is 10.1. The van der Waals surface area contributed by atoms with Crippen molar-refractivity contribution in [3.05, 3.63) is 64.7 Å². The summed E-state index contributed by atoms with van der Waals surface area (Å²) in [6, 6.07) is 11.4. The first-order chi connectivity index (χ1) is 14.7. The van der Waals surface area contributed by atoms with Gasteiger partial charge in [-0.25, -0.2) is 9.69 Å². The number of hydrogen-bond acceptors (Lipinski definition) is 4. The fourth-order valence-corrected chi connectivity index (χ4v) is 3.69. The van der Waals surface area contributed by atoms with E-state index in [1.54, 1.807) is 42.5 Å². The molecular formula is C26H30N2O4. The van der Waals surface area contributed by atoms with Gasteiger partial charge in [-0.05, 0) is 46.7 Å². The summed E-state index contributed by atoms with van der Waals surface area (Å²) in [5, 5.41) is 10.9. The average molecular weight is 435 g/mol. The minimum Gasteiger partial charge on any atom is -0.507 e. The molecule has 1 aliphatic rings. The lowest BCUT2D eigenvalue weighted by Gasteiger charge is -2.32. The maximum atomic E-state index is 13.3. The van der Waals surface area contributed by atoms with Crippen LogP contribution in [-0.4, -0.2) is 34.9 Å². The van der Waals surface area contributed by atoms with E-state index in [1.165, 1.54) is 13.1 Å². The smallest absolute Gasteiger partial charge is 0.338 e. The number of urea groups is 1. The fraction of sp³-hybridized carbons (Fsp3) is 0.346. The molecule has 0 unspecified atom stereocenters. The topological polar surface area (TPSA) is 77.9 Å². The number of carbonyl (C=O) groups excluding carboxylic acids is 3. The number of phenolic OH excluding ortho intramolecular Hbond substituents is 1. The lowest BCUT2D eigenvalue weighted by molar-refractivity contribution is -0.128. The third kappa shape index (κ3) is 4.17. The SMILES string of the molecule is CN1C(=O)/C(=C/c2cc(C(C)(C)C)c(O)c(C(C)(C)C)c2)C(=O)N(c2ccccc2)C1=O. The van der Waals surface area contributed by atoms with Gasteiger partial charge in [0.15, 0.2) is 0 Å². The number of barbiturate groups is 1. The largest absolute Gasteiger partial charge is 0.507 e. The zero-order valence-electron chi connectivity index (χ0n) is 19.7. The molecule has 4 amide bonds. The van der Waals surface area contributed by atoms with Crippen LogP contribution in [0.1, 0.15) is 58.2 Å². The van der Waals surface area contributed by atoms with Crippen LogP contribution in [0.15, 0.2) is 48.0 Å². The number of hydrogen-bond donors (Lipinski definition) is 1. The summed E-state index contributed by atoms with van der Waals surface area (Å²) in [4.78, 5) is 40.8. The van der Waals surface area contributed by atoms with Gasteiger partial charge in [0.2, 0.25) is 0 Å². The van der Waals surface area contributed by atoms with Crippen LogP contribution in [0.25, 0.3) is 6.08 Å². The summed E-state index contributed by atoms with van der Waals surface area (Å²) in [5.41, 5.74) is 1.62. The van der Waals surface area contributed by atoms with Gasteiger partial charge >= 0.3 is 6.03 Å². The van der Waals surface area contributed by atoms with Gasteiger partial charge in [0.25, 0.3) is 11.8 Å². The molecule has 1 fully saturated rings. The third-order valence-corrected chi connectivity index (χ3v) is 5.52. The molecule has 1 aliphatic heterocycles. The maximum absolute atomic E-state index is 13.3. The number of amides is 4.